The highest BCUT2D eigenvalue weighted by Gasteiger charge is 2.19. The van der Waals surface area contributed by atoms with E-state index in [-0.39, 0.29) is 0 Å². The molecule has 0 amide bonds. The second-order valence-electron chi connectivity index (χ2n) is 9.73. The van der Waals surface area contributed by atoms with Crippen LogP contribution in [-0.4, -0.2) is 18.8 Å². The molecule has 0 aliphatic heterocycles. The van der Waals surface area contributed by atoms with Gasteiger partial charge < -0.3 is 0 Å². The van der Waals surface area contributed by atoms with Gasteiger partial charge in [0.05, 0.1) is 0 Å². The number of hydrogen-bond donors (Lipinski definition) is 0. The maximum absolute atomic E-state index is 2.47. The Balaban J connectivity index is 1.85. The molecule has 0 nitrogen and oxygen atoms in total. The Kier molecular flexibility index (Phi) is 4.97. The molecule has 0 aliphatic rings. The van der Waals surface area contributed by atoms with Gasteiger partial charge in [0.15, 0.2) is 0 Å². The van der Waals surface area contributed by atoms with Gasteiger partial charge >= 0.3 is 0 Å². The summed E-state index contributed by atoms with van der Waals surface area (Å²) in [5.74, 6) is 0. The van der Waals surface area contributed by atoms with Crippen LogP contribution in [0.25, 0.3) is 54.6 Å². The van der Waals surface area contributed by atoms with E-state index in [0.29, 0.717) is 0 Å². The van der Waals surface area contributed by atoms with Gasteiger partial charge in [-0.05, 0) is 90.4 Å². The number of benzene rings is 6. The summed E-state index contributed by atoms with van der Waals surface area (Å²) in [4.78, 5) is 1.44. The zero-order valence-electron chi connectivity index (χ0n) is 19.9. The predicted molar refractivity (Wildman–Crippen MR) is 153 cm³/mol. The van der Waals surface area contributed by atoms with Crippen LogP contribution in [0, 0.1) is 0 Å². The van der Waals surface area contributed by atoms with Crippen molar-refractivity contribution in [2.45, 2.75) is 4.90 Å². The molecular formula is C33H28S. The highest BCUT2D eigenvalue weighted by Crippen LogP contribution is 2.50. The molecule has 0 bridgehead atoms. The smallest absolute Gasteiger partial charge is 0.00201 e. The zero-order valence-corrected chi connectivity index (χ0v) is 20.7. The van der Waals surface area contributed by atoms with Crippen molar-refractivity contribution in [3.8, 4) is 22.3 Å². The van der Waals surface area contributed by atoms with Crippen LogP contribution in [0.4, 0.5) is 0 Å². The first-order valence-corrected chi connectivity index (χ1v) is 14.6. The van der Waals surface area contributed by atoms with Crippen molar-refractivity contribution in [2.24, 2.45) is 0 Å². The normalized spacial score (nSPS) is 12.4. The third kappa shape index (κ3) is 3.40. The van der Waals surface area contributed by atoms with Crippen LogP contribution in [0.15, 0.2) is 120 Å². The molecule has 6 rings (SSSR count). The average Bonchev–Trinajstić information content (AvgIpc) is 2.86. The molecule has 0 saturated heterocycles. The quantitative estimate of drug-likeness (QED) is 0.233. The van der Waals surface area contributed by atoms with Gasteiger partial charge in [0.2, 0.25) is 0 Å². The molecule has 6 aromatic rings. The fourth-order valence-electron chi connectivity index (χ4n) is 5.19. The topological polar surface area (TPSA) is 0 Å². The van der Waals surface area contributed by atoms with Crippen molar-refractivity contribution in [1.82, 2.24) is 0 Å². The summed E-state index contributed by atoms with van der Waals surface area (Å²) in [6.45, 7) is 0. The van der Waals surface area contributed by atoms with Gasteiger partial charge in [-0.2, -0.15) is 0 Å². The minimum atomic E-state index is -0.859. The SMILES string of the molecule is CS(C)(C)c1ccc2c(-c3cccc4ccccc34)c3ccccc3c(-c3ccccc3)c2c1. The van der Waals surface area contributed by atoms with Crippen molar-refractivity contribution >= 4 is 42.3 Å². The molecule has 0 aliphatic carbocycles. The monoisotopic (exact) mass is 456 g/mol. The fraction of sp³-hybridized carbons (Fsp3) is 0.0909. The Bertz CT molecular complexity index is 1670. The van der Waals surface area contributed by atoms with E-state index in [4.69, 9.17) is 0 Å². The maximum atomic E-state index is 2.47. The van der Waals surface area contributed by atoms with Gasteiger partial charge in [-0.15, -0.1) is 0 Å². The highest BCUT2D eigenvalue weighted by molar-refractivity contribution is 8.32. The summed E-state index contributed by atoms with van der Waals surface area (Å²) in [6, 6.07) is 42.4. The summed E-state index contributed by atoms with van der Waals surface area (Å²) >= 11 is 0. The molecule has 0 saturated carbocycles. The summed E-state index contributed by atoms with van der Waals surface area (Å²) in [5.41, 5.74) is 5.24. The standard InChI is InChI=1S/C33H28S/c1-34(2,3)25-20-21-30-31(22-25)32(24-13-5-4-6-14-24)28-17-9-10-18-29(28)33(30)27-19-11-15-23-12-7-8-16-26(23)27/h4-22H,1-3H3. The Morgan fingerprint density at radius 1 is 0.441 bits per heavy atom. The summed E-state index contributed by atoms with van der Waals surface area (Å²) < 4.78 is 0. The van der Waals surface area contributed by atoms with E-state index in [1.165, 1.54) is 59.5 Å². The fourth-order valence-corrected chi connectivity index (χ4v) is 6.14. The van der Waals surface area contributed by atoms with Crippen molar-refractivity contribution in [1.29, 1.82) is 0 Å². The number of hydrogen-bond acceptors (Lipinski definition) is 0. The molecule has 0 radical (unpaired) electrons. The lowest BCUT2D eigenvalue weighted by Crippen LogP contribution is -1.96. The van der Waals surface area contributed by atoms with Crippen molar-refractivity contribution < 1.29 is 0 Å². The van der Waals surface area contributed by atoms with E-state index in [1.54, 1.807) is 0 Å². The number of rotatable bonds is 3. The minimum Gasteiger partial charge on any atom is -0.223 e. The molecule has 0 N–H and O–H groups in total. The molecule has 166 valence electrons. The minimum absolute atomic E-state index is 0.859. The number of fused-ring (bicyclic) bond motifs is 3. The Morgan fingerprint density at radius 2 is 1.03 bits per heavy atom. The third-order valence-corrected chi connectivity index (χ3v) is 8.49. The second kappa shape index (κ2) is 8.04. The maximum Gasteiger partial charge on any atom is -0.00201 e. The van der Waals surface area contributed by atoms with Crippen LogP contribution in [0.1, 0.15) is 0 Å². The van der Waals surface area contributed by atoms with Crippen LogP contribution in [0.3, 0.4) is 0 Å². The van der Waals surface area contributed by atoms with Gasteiger partial charge in [-0.1, -0.05) is 103 Å². The molecule has 0 fully saturated rings. The summed E-state index contributed by atoms with van der Waals surface area (Å²) in [5, 5.41) is 7.86. The van der Waals surface area contributed by atoms with Crippen LogP contribution >= 0.6 is 10.0 Å². The first-order valence-electron chi connectivity index (χ1n) is 11.7. The largest absolute Gasteiger partial charge is 0.223 e. The molecule has 0 unspecified atom stereocenters. The van der Waals surface area contributed by atoms with E-state index in [9.17, 15) is 0 Å². The van der Waals surface area contributed by atoms with Gasteiger partial charge in [-0.25, -0.2) is 10.0 Å². The van der Waals surface area contributed by atoms with Crippen LogP contribution < -0.4 is 0 Å². The third-order valence-electron chi connectivity index (χ3n) is 6.82. The molecule has 6 aromatic carbocycles. The lowest BCUT2D eigenvalue weighted by molar-refractivity contribution is 1.48. The van der Waals surface area contributed by atoms with Crippen LogP contribution in [0.2, 0.25) is 0 Å². The van der Waals surface area contributed by atoms with Gasteiger partial charge in [0, 0.05) is 0 Å². The van der Waals surface area contributed by atoms with E-state index in [1.807, 2.05) is 0 Å². The van der Waals surface area contributed by atoms with Crippen molar-refractivity contribution in [3.05, 3.63) is 115 Å². The first kappa shape index (κ1) is 21.0. The van der Waals surface area contributed by atoms with E-state index in [0.717, 1.165) is 0 Å². The van der Waals surface area contributed by atoms with E-state index < -0.39 is 10.0 Å². The van der Waals surface area contributed by atoms with Gasteiger partial charge in [0.1, 0.15) is 0 Å². The van der Waals surface area contributed by atoms with Gasteiger partial charge in [-0.3, -0.25) is 0 Å². The predicted octanol–water partition coefficient (Wildman–Crippen LogP) is 9.53. The van der Waals surface area contributed by atoms with Gasteiger partial charge in [0.25, 0.3) is 0 Å². The van der Waals surface area contributed by atoms with Crippen LogP contribution in [0.5, 0.6) is 0 Å². The Hall–Kier alpha value is -3.55. The average molecular weight is 457 g/mol. The highest BCUT2D eigenvalue weighted by atomic mass is 32.3. The molecule has 34 heavy (non-hydrogen) atoms. The second-order valence-corrected chi connectivity index (χ2v) is 13.9. The molecule has 0 heterocycles. The molecule has 0 atom stereocenters. The van der Waals surface area contributed by atoms with Crippen molar-refractivity contribution in [2.75, 3.05) is 18.8 Å². The first-order chi connectivity index (χ1) is 16.5. The van der Waals surface area contributed by atoms with Crippen LogP contribution in [-0.2, 0) is 0 Å². The zero-order chi connectivity index (χ0) is 23.3. The Morgan fingerprint density at radius 3 is 1.76 bits per heavy atom. The van der Waals surface area contributed by atoms with Crippen molar-refractivity contribution in [3.63, 3.8) is 0 Å². The summed E-state index contributed by atoms with van der Waals surface area (Å²) in [7, 11) is -0.859. The van der Waals surface area contributed by atoms with E-state index >= 15 is 0 Å². The molecule has 1 heteroatoms. The lowest BCUT2D eigenvalue weighted by atomic mass is 9.85. The molecule has 0 aromatic heterocycles. The lowest BCUT2D eigenvalue weighted by Gasteiger charge is -2.27. The summed E-state index contributed by atoms with van der Waals surface area (Å²) in [6.07, 6.45) is 7.13. The molecule has 0 spiro atoms. The van der Waals surface area contributed by atoms with E-state index in [2.05, 4.69) is 134 Å². The Labute approximate surface area is 203 Å². The molecular weight excluding hydrogens is 428 g/mol.